The second-order valence-corrected chi connectivity index (χ2v) is 4.13. The molecule has 1 aromatic heterocycles. The molecule has 1 heterocycles. The molecule has 0 saturated carbocycles. The summed E-state index contributed by atoms with van der Waals surface area (Å²) >= 11 is 0. The maximum Gasteiger partial charge on any atom is 0.387 e. The van der Waals surface area contributed by atoms with Crippen LogP contribution in [-0.2, 0) is 7.05 Å². The number of hydrogen-bond acceptors (Lipinski definition) is 3. The first-order chi connectivity index (χ1) is 9.32. The molecule has 0 unspecified atom stereocenters. The number of nitrogen functional groups attached to an aromatic ring is 1. The molecule has 0 aliphatic heterocycles. The molecule has 0 saturated heterocycles. The van der Waals surface area contributed by atoms with Gasteiger partial charge in [-0.25, -0.2) is 9.07 Å². The summed E-state index contributed by atoms with van der Waals surface area (Å²) in [6, 6.07) is 3.23. The molecule has 0 aliphatic rings. The summed E-state index contributed by atoms with van der Waals surface area (Å²) in [7, 11) is 1.57. The Bertz CT molecular complexity index is 707. The topological polar surface area (TPSA) is 62.2 Å². The lowest BCUT2D eigenvalue weighted by molar-refractivity contribution is -0.0521. The Morgan fingerprint density at radius 3 is 2.50 bits per heavy atom. The zero-order valence-corrected chi connectivity index (χ0v) is 10.7. The van der Waals surface area contributed by atoms with Crippen LogP contribution in [0.2, 0.25) is 0 Å². The van der Waals surface area contributed by atoms with E-state index in [2.05, 4.69) is 4.74 Å². The molecule has 0 amide bonds. The molecule has 0 bridgehead atoms. The van der Waals surface area contributed by atoms with E-state index < -0.39 is 23.7 Å². The van der Waals surface area contributed by atoms with Crippen LogP contribution < -0.4 is 16.0 Å². The van der Waals surface area contributed by atoms with Crippen molar-refractivity contribution >= 4 is 5.69 Å². The van der Waals surface area contributed by atoms with Crippen molar-refractivity contribution in [3.8, 4) is 11.4 Å². The minimum atomic E-state index is -3.16. The summed E-state index contributed by atoms with van der Waals surface area (Å²) in [6.07, 6.45) is 0. The molecule has 0 atom stereocenters. The summed E-state index contributed by atoms with van der Waals surface area (Å²) in [5, 5.41) is 0. The first-order valence-corrected chi connectivity index (χ1v) is 5.61. The Morgan fingerprint density at radius 2 is 2.00 bits per heavy atom. The lowest BCUT2D eigenvalue weighted by Crippen LogP contribution is -2.21. The van der Waals surface area contributed by atoms with Gasteiger partial charge >= 0.3 is 6.61 Å². The highest BCUT2D eigenvalue weighted by atomic mass is 19.3. The quantitative estimate of drug-likeness (QED) is 0.936. The van der Waals surface area contributed by atoms with Gasteiger partial charge in [0, 0.05) is 13.1 Å². The second kappa shape index (κ2) is 4.95. The van der Waals surface area contributed by atoms with Crippen LogP contribution in [0.4, 0.5) is 18.9 Å². The molecule has 0 fully saturated rings. The van der Waals surface area contributed by atoms with Gasteiger partial charge in [-0.1, -0.05) is 0 Å². The molecule has 0 aliphatic carbocycles. The molecule has 8 heteroatoms. The van der Waals surface area contributed by atoms with E-state index in [-0.39, 0.29) is 11.4 Å². The number of nitrogens with two attached hydrogens (primary N) is 1. The van der Waals surface area contributed by atoms with Gasteiger partial charge in [-0.15, -0.1) is 0 Å². The SMILES string of the molecule is Cc1c(N)c(=O)n(-c2ccc(F)c(OC(F)F)c2)n1C. The van der Waals surface area contributed by atoms with E-state index in [1.807, 2.05) is 0 Å². The van der Waals surface area contributed by atoms with E-state index in [1.54, 1.807) is 14.0 Å². The molecule has 0 spiro atoms. The van der Waals surface area contributed by atoms with Crippen LogP contribution in [0, 0.1) is 12.7 Å². The average Bonchev–Trinajstić information content (AvgIpc) is 2.57. The summed E-state index contributed by atoms with van der Waals surface area (Å²) in [5.74, 6) is -1.58. The van der Waals surface area contributed by atoms with E-state index >= 15 is 0 Å². The fourth-order valence-electron chi connectivity index (χ4n) is 1.83. The molecule has 2 aromatic rings. The van der Waals surface area contributed by atoms with Crippen molar-refractivity contribution in [2.45, 2.75) is 13.5 Å². The predicted molar refractivity (Wildman–Crippen MR) is 66.7 cm³/mol. The number of aromatic nitrogens is 2. The van der Waals surface area contributed by atoms with Crippen LogP contribution in [0.15, 0.2) is 23.0 Å². The highest BCUT2D eigenvalue weighted by Crippen LogP contribution is 2.23. The van der Waals surface area contributed by atoms with Gasteiger partial charge in [0.1, 0.15) is 5.69 Å². The van der Waals surface area contributed by atoms with Crippen molar-refractivity contribution in [3.63, 3.8) is 0 Å². The zero-order chi connectivity index (χ0) is 15.0. The van der Waals surface area contributed by atoms with Crippen LogP contribution in [0.25, 0.3) is 5.69 Å². The van der Waals surface area contributed by atoms with Crippen molar-refractivity contribution < 1.29 is 17.9 Å². The average molecular weight is 287 g/mol. The summed E-state index contributed by atoms with van der Waals surface area (Å²) in [4.78, 5) is 12.0. The third kappa shape index (κ3) is 2.24. The number of hydrogen-bond donors (Lipinski definition) is 1. The number of ether oxygens (including phenoxy) is 1. The fraction of sp³-hybridized carbons (Fsp3) is 0.250. The zero-order valence-electron chi connectivity index (χ0n) is 10.7. The third-order valence-electron chi connectivity index (χ3n) is 2.97. The molecular formula is C12H12F3N3O2. The smallest absolute Gasteiger partial charge is 0.387 e. The normalized spacial score (nSPS) is 11.1. The maximum atomic E-state index is 13.4. The van der Waals surface area contributed by atoms with Gasteiger partial charge in [0.15, 0.2) is 11.6 Å². The molecule has 5 nitrogen and oxygen atoms in total. The highest BCUT2D eigenvalue weighted by Gasteiger charge is 2.16. The molecule has 1 aromatic carbocycles. The number of nitrogens with zero attached hydrogens (tertiary/aromatic N) is 2. The maximum absolute atomic E-state index is 13.4. The standard InChI is InChI=1S/C12H12F3N3O2/c1-6-10(16)11(19)18(17(6)2)7-3-4-8(13)9(5-7)20-12(14)15/h3-5,12H,16H2,1-2H3. The van der Waals surface area contributed by atoms with Crippen LogP contribution >= 0.6 is 0 Å². The van der Waals surface area contributed by atoms with Gasteiger partial charge in [0.05, 0.1) is 11.4 Å². The number of halogens is 3. The van der Waals surface area contributed by atoms with Gasteiger partial charge in [-0.05, 0) is 19.1 Å². The summed E-state index contributed by atoms with van der Waals surface area (Å²) < 4.78 is 44.4. The fourth-order valence-corrected chi connectivity index (χ4v) is 1.83. The van der Waals surface area contributed by atoms with Crippen LogP contribution in [0.5, 0.6) is 5.75 Å². The molecular weight excluding hydrogens is 275 g/mol. The lowest BCUT2D eigenvalue weighted by Gasteiger charge is -2.11. The first-order valence-electron chi connectivity index (χ1n) is 5.61. The van der Waals surface area contributed by atoms with E-state index in [4.69, 9.17) is 5.73 Å². The minimum Gasteiger partial charge on any atom is -0.432 e. The van der Waals surface area contributed by atoms with E-state index in [0.29, 0.717) is 5.69 Å². The predicted octanol–water partition coefficient (Wildman–Crippen LogP) is 1.81. The number of benzene rings is 1. The van der Waals surface area contributed by atoms with Gasteiger partial charge in [-0.3, -0.25) is 9.48 Å². The molecule has 2 N–H and O–H groups in total. The summed E-state index contributed by atoms with van der Waals surface area (Å²) in [5.41, 5.74) is 5.82. The Kier molecular flexibility index (Phi) is 3.47. The second-order valence-electron chi connectivity index (χ2n) is 4.13. The Balaban J connectivity index is 2.60. The Labute approximate surface area is 112 Å². The van der Waals surface area contributed by atoms with E-state index in [0.717, 1.165) is 16.8 Å². The molecule has 0 radical (unpaired) electrons. The van der Waals surface area contributed by atoms with Crippen molar-refractivity contribution in [2.24, 2.45) is 7.05 Å². The van der Waals surface area contributed by atoms with Crippen LogP contribution in [0.1, 0.15) is 5.69 Å². The Morgan fingerprint density at radius 1 is 1.35 bits per heavy atom. The summed E-state index contributed by atoms with van der Waals surface area (Å²) in [6.45, 7) is -1.52. The minimum absolute atomic E-state index is 0.0353. The molecule has 108 valence electrons. The van der Waals surface area contributed by atoms with E-state index in [1.165, 1.54) is 10.7 Å². The van der Waals surface area contributed by atoms with Gasteiger partial charge in [0.2, 0.25) is 0 Å². The lowest BCUT2D eigenvalue weighted by atomic mass is 10.3. The van der Waals surface area contributed by atoms with E-state index in [9.17, 15) is 18.0 Å². The highest BCUT2D eigenvalue weighted by molar-refractivity contribution is 5.46. The molecule has 20 heavy (non-hydrogen) atoms. The third-order valence-corrected chi connectivity index (χ3v) is 2.97. The van der Waals surface area contributed by atoms with Crippen molar-refractivity contribution in [1.82, 2.24) is 9.36 Å². The number of anilines is 1. The Hall–Kier alpha value is -2.38. The van der Waals surface area contributed by atoms with Gasteiger partial charge in [0.25, 0.3) is 5.56 Å². The van der Waals surface area contributed by atoms with Crippen molar-refractivity contribution in [1.29, 1.82) is 0 Å². The molecule has 2 rings (SSSR count). The first kappa shape index (κ1) is 14.0. The van der Waals surface area contributed by atoms with Crippen molar-refractivity contribution in [2.75, 3.05) is 5.73 Å². The van der Waals surface area contributed by atoms with Gasteiger partial charge < -0.3 is 10.5 Å². The van der Waals surface area contributed by atoms with Crippen molar-refractivity contribution in [3.05, 3.63) is 40.1 Å². The monoisotopic (exact) mass is 287 g/mol. The van der Waals surface area contributed by atoms with Gasteiger partial charge in [-0.2, -0.15) is 8.78 Å². The number of alkyl halides is 2. The van der Waals surface area contributed by atoms with Crippen LogP contribution in [0.3, 0.4) is 0 Å². The largest absolute Gasteiger partial charge is 0.432 e. The van der Waals surface area contributed by atoms with Crippen LogP contribution in [-0.4, -0.2) is 16.0 Å². The number of rotatable bonds is 3.